The van der Waals surface area contributed by atoms with Crippen LogP contribution in [-0.4, -0.2) is 25.0 Å². The van der Waals surface area contributed by atoms with E-state index in [1.807, 2.05) is 24.3 Å². The molecule has 0 radical (unpaired) electrons. The van der Waals surface area contributed by atoms with Crippen LogP contribution in [0.15, 0.2) is 53.0 Å². The van der Waals surface area contributed by atoms with Crippen molar-refractivity contribution < 1.29 is 14.3 Å². The number of anilines is 2. The van der Waals surface area contributed by atoms with E-state index in [-0.39, 0.29) is 25.0 Å². The number of halogens is 1. The zero-order valence-corrected chi connectivity index (χ0v) is 13.2. The number of hydrogen-bond acceptors (Lipinski definition) is 3. The Balaban J connectivity index is 1.77. The Morgan fingerprint density at radius 1 is 1.18 bits per heavy atom. The zero-order chi connectivity index (χ0) is 15.5. The summed E-state index contributed by atoms with van der Waals surface area (Å²) < 4.78 is 6.14. The molecule has 2 aromatic carbocycles. The molecule has 0 bridgehead atoms. The highest BCUT2D eigenvalue weighted by molar-refractivity contribution is 9.10. The third-order valence-corrected chi connectivity index (χ3v) is 3.95. The summed E-state index contributed by atoms with van der Waals surface area (Å²) in [6, 6.07) is 14.5. The van der Waals surface area contributed by atoms with Crippen LogP contribution in [0.3, 0.4) is 0 Å². The van der Waals surface area contributed by atoms with Crippen LogP contribution in [-0.2, 0) is 9.59 Å². The smallest absolute Gasteiger partial charge is 0.265 e. The normalized spacial score (nSPS) is 13.3. The van der Waals surface area contributed by atoms with Crippen molar-refractivity contribution in [2.75, 3.05) is 23.4 Å². The van der Waals surface area contributed by atoms with E-state index in [1.54, 1.807) is 24.3 Å². The van der Waals surface area contributed by atoms with Gasteiger partial charge in [0.1, 0.15) is 12.3 Å². The van der Waals surface area contributed by atoms with Gasteiger partial charge in [0.15, 0.2) is 6.61 Å². The number of hydrogen-bond donors (Lipinski definition) is 1. The van der Waals surface area contributed by atoms with Crippen LogP contribution in [0.4, 0.5) is 11.4 Å². The van der Waals surface area contributed by atoms with Crippen molar-refractivity contribution in [1.82, 2.24) is 0 Å². The average molecular weight is 361 g/mol. The Morgan fingerprint density at radius 2 is 1.91 bits per heavy atom. The molecule has 1 aliphatic heterocycles. The molecule has 0 aliphatic carbocycles. The minimum atomic E-state index is -0.267. The van der Waals surface area contributed by atoms with Gasteiger partial charge in [0.25, 0.3) is 5.91 Å². The highest BCUT2D eigenvalue weighted by Crippen LogP contribution is 2.31. The highest BCUT2D eigenvalue weighted by Gasteiger charge is 2.26. The summed E-state index contributed by atoms with van der Waals surface area (Å²) in [4.78, 5) is 25.7. The van der Waals surface area contributed by atoms with Crippen LogP contribution in [0.5, 0.6) is 5.75 Å². The van der Waals surface area contributed by atoms with Crippen molar-refractivity contribution >= 4 is 39.1 Å². The molecule has 2 amide bonds. The van der Waals surface area contributed by atoms with Gasteiger partial charge in [-0.05, 0) is 40.2 Å². The van der Waals surface area contributed by atoms with E-state index in [2.05, 4.69) is 21.2 Å². The minimum absolute atomic E-state index is 0.0550. The van der Waals surface area contributed by atoms with Gasteiger partial charge in [0.2, 0.25) is 5.91 Å². The summed E-state index contributed by atoms with van der Waals surface area (Å²) in [6.45, 7) is -0.111. The summed E-state index contributed by atoms with van der Waals surface area (Å²) in [5.41, 5.74) is 1.28. The number of amides is 2. The topological polar surface area (TPSA) is 58.6 Å². The molecular weight excluding hydrogens is 348 g/mol. The molecule has 0 fully saturated rings. The number of rotatable bonds is 3. The van der Waals surface area contributed by atoms with Crippen molar-refractivity contribution in [3.63, 3.8) is 0 Å². The van der Waals surface area contributed by atoms with E-state index < -0.39 is 0 Å². The number of carbonyl (C=O) groups is 2. The molecule has 0 saturated heterocycles. The third-order valence-electron chi connectivity index (χ3n) is 3.26. The first-order chi connectivity index (χ1) is 10.6. The summed E-state index contributed by atoms with van der Waals surface area (Å²) in [5.74, 6) is 0.105. The molecule has 0 unspecified atom stereocenters. The summed E-state index contributed by atoms with van der Waals surface area (Å²) >= 11 is 3.37. The second kappa shape index (κ2) is 6.19. The Labute approximate surface area is 136 Å². The molecule has 2 aromatic rings. The minimum Gasteiger partial charge on any atom is -0.482 e. The van der Waals surface area contributed by atoms with E-state index in [9.17, 15) is 9.59 Å². The highest BCUT2D eigenvalue weighted by atomic mass is 79.9. The van der Waals surface area contributed by atoms with E-state index >= 15 is 0 Å². The number of para-hydroxylation sites is 3. The summed E-state index contributed by atoms with van der Waals surface area (Å²) in [6.07, 6.45) is 0. The maximum absolute atomic E-state index is 12.2. The second-order valence-corrected chi connectivity index (χ2v) is 5.62. The number of ether oxygens (including phenoxy) is 1. The molecule has 1 heterocycles. The molecule has 0 spiro atoms. The van der Waals surface area contributed by atoms with E-state index in [4.69, 9.17) is 4.74 Å². The molecular formula is C16H13BrN2O3. The van der Waals surface area contributed by atoms with E-state index in [1.165, 1.54) is 4.90 Å². The second-order valence-electron chi connectivity index (χ2n) is 4.76. The monoisotopic (exact) mass is 360 g/mol. The average Bonchev–Trinajstić information content (AvgIpc) is 2.52. The lowest BCUT2D eigenvalue weighted by Crippen LogP contribution is -2.43. The molecule has 5 nitrogen and oxygen atoms in total. The Kier molecular flexibility index (Phi) is 4.11. The molecule has 22 heavy (non-hydrogen) atoms. The SMILES string of the molecule is O=C(CN1C(=O)COc2ccccc21)Nc1ccccc1Br. The third kappa shape index (κ3) is 2.96. The number of nitrogens with one attached hydrogen (secondary N) is 1. The maximum atomic E-state index is 12.2. The van der Waals surface area contributed by atoms with Crippen LogP contribution in [0.25, 0.3) is 0 Å². The van der Waals surface area contributed by atoms with Gasteiger partial charge in [0, 0.05) is 4.47 Å². The molecule has 1 aliphatic rings. The molecule has 0 saturated carbocycles. The fraction of sp³-hybridized carbons (Fsp3) is 0.125. The Bertz CT molecular complexity index is 733. The molecule has 3 rings (SSSR count). The number of nitrogens with zero attached hydrogens (tertiary/aromatic N) is 1. The van der Waals surface area contributed by atoms with Gasteiger partial charge >= 0.3 is 0 Å². The van der Waals surface area contributed by atoms with Crippen LogP contribution < -0.4 is 15.0 Å². The van der Waals surface area contributed by atoms with Crippen LogP contribution in [0, 0.1) is 0 Å². The molecule has 6 heteroatoms. The van der Waals surface area contributed by atoms with Gasteiger partial charge in [-0.25, -0.2) is 0 Å². The van der Waals surface area contributed by atoms with Gasteiger partial charge in [-0.15, -0.1) is 0 Å². The number of fused-ring (bicyclic) bond motifs is 1. The van der Waals surface area contributed by atoms with E-state index in [0.717, 1.165) is 4.47 Å². The van der Waals surface area contributed by atoms with Crippen molar-refractivity contribution in [1.29, 1.82) is 0 Å². The first-order valence-corrected chi connectivity index (χ1v) is 7.51. The largest absolute Gasteiger partial charge is 0.482 e. The first-order valence-electron chi connectivity index (χ1n) is 6.72. The molecule has 1 N–H and O–H groups in total. The lowest BCUT2D eigenvalue weighted by molar-refractivity contribution is -0.123. The van der Waals surface area contributed by atoms with Gasteiger partial charge in [0.05, 0.1) is 11.4 Å². The fourth-order valence-corrected chi connectivity index (χ4v) is 2.61. The number of benzene rings is 2. The van der Waals surface area contributed by atoms with E-state index in [0.29, 0.717) is 17.1 Å². The molecule has 0 aromatic heterocycles. The van der Waals surface area contributed by atoms with Gasteiger partial charge in [-0.2, -0.15) is 0 Å². The van der Waals surface area contributed by atoms with Gasteiger partial charge in [-0.1, -0.05) is 24.3 Å². The summed E-state index contributed by atoms with van der Waals surface area (Å²) in [7, 11) is 0. The predicted octanol–water partition coefficient (Wildman–Crippen LogP) is 2.81. The van der Waals surface area contributed by atoms with Crippen molar-refractivity contribution in [2.24, 2.45) is 0 Å². The van der Waals surface area contributed by atoms with Crippen LogP contribution in [0.1, 0.15) is 0 Å². The maximum Gasteiger partial charge on any atom is 0.265 e. The standard InChI is InChI=1S/C16H13BrN2O3/c17-11-5-1-2-6-12(11)18-15(20)9-19-13-7-3-4-8-14(13)22-10-16(19)21/h1-8H,9-10H2,(H,18,20). The van der Waals surface area contributed by atoms with Crippen molar-refractivity contribution in [3.8, 4) is 5.75 Å². The first kappa shape index (κ1) is 14.6. The van der Waals surface area contributed by atoms with Gasteiger partial charge < -0.3 is 10.1 Å². The fourth-order valence-electron chi connectivity index (χ4n) is 2.22. The molecule has 0 atom stereocenters. The zero-order valence-electron chi connectivity index (χ0n) is 11.6. The van der Waals surface area contributed by atoms with Crippen LogP contribution in [0.2, 0.25) is 0 Å². The van der Waals surface area contributed by atoms with Crippen LogP contribution >= 0.6 is 15.9 Å². The Morgan fingerprint density at radius 3 is 2.73 bits per heavy atom. The number of carbonyl (C=O) groups excluding carboxylic acids is 2. The lowest BCUT2D eigenvalue weighted by atomic mass is 10.2. The predicted molar refractivity (Wildman–Crippen MR) is 87.1 cm³/mol. The Hall–Kier alpha value is -2.34. The molecule has 112 valence electrons. The summed E-state index contributed by atoms with van der Waals surface area (Å²) in [5, 5.41) is 2.79. The van der Waals surface area contributed by atoms with Crippen molar-refractivity contribution in [2.45, 2.75) is 0 Å². The lowest BCUT2D eigenvalue weighted by Gasteiger charge is -2.28. The quantitative estimate of drug-likeness (QED) is 0.915. The van der Waals surface area contributed by atoms with Gasteiger partial charge in [-0.3, -0.25) is 14.5 Å². The van der Waals surface area contributed by atoms with Crippen molar-refractivity contribution in [3.05, 3.63) is 53.0 Å².